The van der Waals surface area contributed by atoms with Gasteiger partial charge in [-0.05, 0) is 56.3 Å². The molecule has 0 spiro atoms. The van der Waals surface area contributed by atoms with Crippen molar-refractivity contribution in [1.82, 2.24) is 4.98 Å². The van der Waals surface area contributed by atoms with Crippen LogP contribution in [0.4, 0.5) is 10.8 Å². The van der Waals surface area contributed by atoms with Crippen molar-refractivity contribution in [2.75, 3.05) is 29.9 Å². The predicted molar refractivity (Wildman–Crippen MR) is 99.6 cm³/mol. The molecule has 1 aliphatic carbocycles. The maximum atomic E-state index is 12.5. The third-order valence-corrected chi connectivity index (χ3v) is 6.40. The number of fused-ring (bicyclic) bond motifs is 1. The van der Waals surface area contributed by atoms with E-state index in [0.717, 1.165) is 53.4 Å². The molecule has 2 atom stereocenters. The highest BCUT2D eigenvalue weighted by molar-refractivity contribution is 7.22. The minimum Gasteiger partial charge on any atom is -0.348 e. The molecule has 2 aromatic rings. The molecule has 3 N–H and O–H groups in total. The number of benzene rings is 1. The molecule has 128 valence electrons. The second kappa shape index (κ2) is 6.69. The lowest BCUT2D eigenvalue weighted by Gasteiger charge is -2.17. The number of carbonyl (C=O) groups is 1. The van der Waals surface area contributed by atoms with E-state index >= 15 is 0 Å². The van der Waals surface area contributed by atoms with E-state index in [1.54, 1.807) is 11.3 Å². The fourth-order valence-corrected chi connectivity index (χ4v) is 4.99. The first-order valence-corrected chi connectivity index (χ1v) is 9.73. The van der Waals surface area contributed by atoms with Gasteiger partial charge < -0.3 is 16.0 Å². The van der Waals surface area contributed by atoms with Gasteiger partial charge in [0.2, 0.25) is 5.91 Å². The first-order chi connectivity index (χ1) is 11.7. The van der Waals surface area contributed by atoms with E-state index in [-0.39, 0.29) is 11.8 Å². The summed E-state index contributed by atoms with van der Waals surface area (Å²) in [7, 11) is 0. The van der Waals surface area contributed by atoms with Crippen molar-refractivity contribution in [3.8, 4) is 0 Å². The molecule has 2 aliphatic rings. The Bertz CT molecular complexity index is 738. The second-order valence-electron chi connectivity index (χ2n) is 6.90. The van der Waals surface area contributed by atoms with E-state index in [2.05, 4.69) is 16.3 Å². The summed E-state index contributed by atoms with van der Waals surface area (Å²) >= 11 is 1.72. The highest BCUT2D eigenvalue weighted by atomic mass is 32.1. The molecule has 1 aromatic carbocycles. The molecule has 0 bridgehead atoms. The highest BCUT2D eigenvalue weighted by Crippen LogP contribution is 2.34. The van der Waals surface area contributed by atoms with Gasteiger partial charge in [0, 0.05) is 24.7 Å². The van der Waals surface area contributed by atoms with Crippen LogP contribution in [0.25, 0.3) is 10.2 Å². The summed E-state index contributed by atoms with van der Waals surface area (Å²) < 4.78 is 1.14. The zero-order valence-electron chi connectivity index (χ0n) is 13.8. The Balaban J connectivity index is 1.51. The van der Waals surface area contributed by atoms with E-state index in [9.17, 15) is 4.79 Å². The Labute approximate surface area is 146 Å². The fourth-order valence-electron chi connectivity index (χ4n) is 3.93. The van der Waals surface area contributed by atoms with E-state index in [4.69, 9.17) is 10.7 Å². The zero-order chi connectivity index (χ0) is 16.5. The molecule has 5 nitrogen and oxygen atoms in total. The van der Waals surface area contributed by atoms with Crippen LogP contribution in [-0.2, 0) is 4.79 Å². The summed E-state index contributed by atoms with van der Waals surface area (Å²) in [6.07, 6.45) is 5.63. The molecule has 1 aromatic heterocycles. The Hall–Kier alpha value is -1.66. The second-order valence-corrected chi connectivity index (χ2v) is 7.90. The fraction of sp³-hybridized carbons (Fsp3) is 0.556. The van der Waals surface area contributed by atoms with Gasteiger partial charge in [0.05, 0.1) is 10.2 Å². The summed E-state index contributed by atoms with van der Waals surface area (Å²) in [5, 5.41) is 4.19. The molecule has 0 radical (unpaired) electrons. The average molecular weight is 344 g/mol. The topological polar surface area (TPSA) is 71.2 Å². The number of hydrogen-bond donors (Lipinski definition) is 2. The van der Waals surface area contributed by atoms with Crippen LogP contribution in [0.2, 0.25) is 0 Å². The molecule has 2 fully saturated rings. The van der Waals surface area contributed by atoms with Crippen molar-refractivity contribution in [2.45, 2.75) is 32.1 Å². The molecular weight excluding hydrogens is 320 g/mol. The van der Waals surface area contributed by atoms with Gasteiger partial charge in [-0.2, -0.15) is 0 Å². The number of nitrogens with two attached hydrogens (primary N) is 1. The summed E-state index contributed by atoms with van der Waals surface area (Å²) in [6, 6.07) is 6.02. The lowest BCUT2D eigenvalue weighted by atomic mass is 9.95. The molecular formula is C18H24N4OS. The van der Waals surface area contributed by atoms with Crippen LogP contribution in [0.1, 0.15) is 32.1 Å². The van der Waals surface area contributed by atoms with Gasteiger partial charge in [-0.3, -0.25) is 4.79 Å². The molecule has 1 amide bonds. The standard InChI is InChI=1S/C18H24N4OS/c19-11-12-4-3-5-14(12)17(23)20-13-6-7-15-16(10-13)24-18(21-15)22-8-1-2-9-22/h6-7,10,12,14H,1-5,8-9,11,19H2,(H,20,23)/t12-,14-/m1/s1. The average Bonchev–Trinajstić information content (AvgIpc) is 3.32. The van der Waals surface area contributed by atoms with Gasteiger partial charge in [-0.25, -0.2) is 4.98 Å². The van der Waals surface area contributed by atoms with E-state index in [1.807, 2.05) is 12.1 Å². The highest BCUT2D eigenvalue weighted by Gasteiger charge is 2.31. The van der Waals surface area contributed by atoms with Crippen molar-refractivity contribution in [3.63, 3.8) is 0 Å². The molecule has 1 saturated carbocycles. The number of carbonyl (C=O) groups excluding carboxylic acids is 1. The van der Waals surface area contributed by atoms with Crippen LogP contribution < -0.4 is 16.0 Å². The molecule has 1 aliphatic heterocycles. The largest absolute Gasteiger partial charge is 0.348 e. The van der Waals surface area contributed by atoms with Crippen molar-refractivity contribution in [2.24, 2.45) is 17.6 Å². The van der Waals surface area contributed by atoms with Gasteiger partial charge in [-0.1, -0.05) is 17.8 Å². The Morgan fingerprint density at radius 3 is 2.92 bits per heavy atom. The lowest BCUT2D eigenvalue weighted by Crippen LogP contribution is -2.29. The molecule has 1 saturated heterocycles. The zero-order valence-corrected chi connectivity index (χ0v) is 14.6. The minimum absolute atomic E-state index is 0.0623. The molecule has 6 heteroatoms. The Morgan fingerprint density at radius 2 is 2.12 bits per heavy atom. The van der Waals surface area contributed by atoms with E-state index in [0.29, 0.717) is 12.5 Å². The van der Waals surface area contributed by atoms with Crippen molar-refractivity contribution < 1.29 is 4.79 Å². The predicted octanol–water partition coefficient (Wildman–Crippen LogP) is 3.21. The van der Waals surface area contributed by atoms with Gasteiger partial charge >= 0.3 is 0 Å². The molecule has 0 unspecified atom stereocenters. The van der Waals surface area contributed by atoms with Gasteiger partial charge in [0.1, 0.15) is 0 Å². The van der Waals surface area contributed by atoms with Gasteiger partial charge in [0.15, 0.2) is 5.13 Å². The third-order valence-electron chi connectivity index (χ3n) is 5.32. The number of thiazole rings is 1. The van der Waals surface area contributed by atoms with E-state index in [1.165, 1.54) is 12.8 Å². The summed E-state index contributed by atoms with van der Waals surface area (Å²) in [5.41, 5.74) is 7.68. The summed E-state index contributed by atoms with van der Waals surface area (Å²) in [5.74, 6) is 0.512. The maximum Gasteiger partial charge on any atom is 0.227 e. The molecule has 24 heavy (non-hydrogen) atoms. The van der Waals surface area contributed by atoms with Gasteiger partial charge in [-0.15, -0.1) is 0 Å². The number of nitrogens with one attached hydrogen (secondary N) is 1. The first-order valence-electron chi connectivity index (χ1n) is 8.91. The Morgan fingerprint density at radius 1 is 1.29 bits per heavy atom. The minimum atomic E-state index is 0.0623. The number of rotatable bonds is 4. The van der Waals surface area contributed by atoms with E-state index < -0.39 is 0 Å². The number of aromatic nitrogens is 1. The number of amides is 1. The number of hydrogen-bond acceptors (Lipinski definition) is 5. The van der Waals surface area contributed by atoms with Crippen LogP contribution in [0, 0.1) is 11.8 Å². The van der Waals surface area contributed by atoms with Crippen LogP contribution in [-0.4, -0.2) is 30.5 Å². The lowest BCUT2D eigenvalue weighted by molar-refractivity contribution is -0.120. The van der Waals surface area contributed by atoms with Crippen molar-refractivity contribution in [1.29, 1.82) is 0 Å². The van der Waals surface area contributed by atoms with Crippen LogP contribution in [0.15, 0.2) is 18.2 Å². The van der Waals surface area contributed by atoms with Crippen molar-refractivity contribution >= 4 is 38.3 Å². The normalized spacial score (nSPS) is 24.0. The van der Waals surface area contributed by atoms with Crippen LogP contribution in [0.5, 0.6) is 0 Å². The SMILES string of the molecule is NC[C@H]1CCC[C@H]1C(=O)Nc1ccc2nc(N3CCCC3)sc2c1. The smallest absolute Gasteiger partial charge is 0.227 e. The van der Waals surface area contributed by atoms with Crippen molar-refractivity contribution in [3.05, 3.63) is 18.2 Å². The third kappa shape index (κ3) is 3.00. The monoisotopic (exact) mass is 344 g/mol. The Kier molecular flexibility index (Phi) is 4.41. The molecule has 2 heterocycles. The summed E-state index contributed by atoms with van der Waals surface area (Å²) in [4.78, 5) is 19.6. The first kappa shape index (κ1) is 15.8. The number of nitrogens with zero attached hydrogens (tertiary/aromatic N) is 2. The molecule has 4 rings (SSSR count). The maximum absolute atomic E-state index is 12.5. The quantitative estimate of drug-likeness (QED) is 0.893. The summed E-state index contributed by atoms with van der Waals surface area (Å²) in [6.45, 7) is 2.81. The van der Waals surface area contributed by atoms with Crippen LogP contribution in [0.3, 0.4) is 0 Å². The van der Waals surface area contributed by atoms with Gasteiger partial charge in [0.25, 0.3) is 0 Å². The number of anilines is 2. The van der Waals surface area contributed by atoms with Crippen LogP contribution >= 0.6 is 11.3 Å².